The number of allylic oxidation sites excluding steroid dienone is 4. The number of aryl methyl sites for hydroxylation is 2. The van der Waals surface area contributed by atoms with Gasteiger partial charge in [0.25, 0.3) is 0 Å². The molecule has 2 aromatic carbocycles. The number of halogens is 2. The zero-order chi connectivity index (χ0) is 38.4. The van der Waals surface area contributed by atoms with E-state index < -0.39 is 0 Å². The molecule has 2 nitrogen and oxygen atoms in total. The van der Waals surface area contributed by atoms with Crippen LogP contribution in [0.1, 0.15) is 204 Å². The van der Waals surface area contributed by atoms with E-state index >= 15 is 0 Å². The minimum absolute atomic E-state index is 0.575. The van der Waals surface area contributed by atoms with Gasteiger partial charge in [-0.25, -0.2) is 4.70 Å². The van der Waals surface area contributed by atoms with Gasteiger partial charge in [0, 0.05) is 16.7 Å². The van der Waals surface area contributed by atoms with Gasteiger partial charge in [0.15, 0.2) is 0 Å². The molecule has 0 saturated heterocycles. The molecular weight excluding hydrogens is 871 g/mol. The summed E-state index contributed by atoms with van der Waals surface area (Å²) in [6.07, 6.45) is 38.9. The van der Waals surface area contributed by atoms with E-state index in [0.29, 0.717) is 13.9 Å². The second-order valence-corrected chi connectivity index (χ2v) is 22.3. The molecule has 1 heterocycles. The molecule has 1 aliphatic heterocycles. The molecule has 0 N–H and O–H groups in total. The van der Waals surface area contributed by atoms with E-state index in [2.05, 4.69) is 115 Å². The van der Waals surface area contributed by atoms with Crippen LogP contribution in [0, 0.1) is 0 Å². The molecule has 0 spiro atoms. The standard InChI is InChI=1S/C48H74N2.2BrH.Pd/c1-5-9-12-13-14-15-16-17-18-19-20-21-22-23-24-25-26-27-28-29-32-46-45(31-11-7-3)47(44-39-35-42(36-40-44)30-10-6-2)50(49)48(46)43-37-33-41(8-4)34-38-43;;;/h29,32-40H,5-28,30-31H2,1-4H3;2*1H;/q;;;+2/p-2. The van der Waals surface area contributed by atoms with Gasteiger partial charge in [-0.3, -0.25) is 0 Å². The zero-order valence-electron chi connectivity index (χ0n) is 34.1. The van der Waals surface area contributed by atoms with Crippen molar-refractivity contribution in [2.45, 2.75) is 195 Å². The Hall–Kier alpha value is -1.12. The number of benzene rings is 2. The molecule has 3 rings (SSSR count). The number of hydrogen-bond donors (Lipinski definition) is 0. The van der Waals surface area contributed by atoms with E-state index in [4.69, 9.17) is 0 Å². The zero-order valence-corrected chi connectivity index (χ0v) is 38.9. The summed E-state index contributed by atoms with van der Waals surface area (Å²) in [5, 5.41) is 0. The Bertz CT molecular complexity index is 1330. The Morgan fingerprint density at radius 3 is 1.36 bits per heavy atom. The number of rotatable bonds is 29. The summed E-state index contributed by atoms with van der Waals surface area (Å²) in [5.41, 5.74) is 21.1. The fourth-order valence-corrected chi connectivity index (χ4v) is 7.46. The van der Waals surface area contributed by atoms with Crippen LogP contribution in [0.2, 0.25) is 0 Å². The maximum absolute atomic E-state index is 11.9. The minimum atomic E-state index is 0.575. The van der Waals surface area contributed by atoms with Crippen LogP contribution in [0.25, 0.3) is 16.9 Å². The molecule has 2 aromatic rings. The second kappa shape index (κ2) is 32.0. The molecule has 53 heavy (non-hydrogen) atoms. The predicted molar refractivity (Wildman–Crippen MR) is 238 cm³/mol. The van der Waals surface area contributed by atoms with Crippen molar-refractivity contribution < 1.29 is 18.6 Å². The Morgan fingerprint density at radius 1 is 0.509 bits per heavy atom. The van der Waals surface area contributed by atoms with Crippen molar-refractivity contribution in [2.24, 2.45) is 0 Å². The summed E-state index contributed by atoms with van der Waals surface area (Å²) >= 11 is 6.80. The van der Waals surface area contributed by atoms with Gasteiger partial charge in [-0.2, -0.15) is 0 Å². The molecule has 0 bridgehead atoms. The molecule has 5 heteroatoms. The molecule has 0 amide bonds. The van der Waals surface area contributed by atoms with E-state index in [1.165, 1.54) is 155 Å². The molecule has 0 radical (unpaired) electrons. The first-order valence-electron chi connectivity index (χ1n) is 21.7. The fraction of sp³-hybridized carbons (Fsp3) is 0.625. The first-order chi connectivity index (χ1) is 26.1. The van der Waals surface area contributed by atoms with E-state index in [1.807, 2.05) is 0 Å². The van der Waals surface area contributed by atoms with Crippen LogP contribution in [-0.2, 0) is 26.8 Å². The SMILES string of the molecule is CCCCCCCCCCCCCCCCCCCCC=CC1=C(c2ccc(CC)cc2)[N+](=[N-])C(c2ccc(CCCC)cc2)=C1CCCC.[Br][Pd][Br]. The summed E-state index contributed by atoms with van der Waals surface area (Å²) in [7, 11) is 0. The van der Waals surface area contributed by atoms with Gasteiger partial charge >= 0.3 is 40.8 Å². The van der Waals surface area contributed by atoms with Gasteiger partial charge < -0.3 is 5.53 Å². The third kappa shape index (κ3) is 19.5. The van der Waals surface area contributed by atoms with Gasteiger partial charge in [0.2, 0.25) is 11.4 Å². The van der Waals surface area contributed by atoms with Gasteiger partial charge in [0.05, 0.1) is 5.57 Å². The Morgan fingerprint density at radius 2 is 0.906 bits per heavy atom. The van der Waals surface area contributed by atoms with Crippen LogP contribution in [-0.4, -0.2) is 4.70 Å². The van der Waals surface area contributed by atoms with E-state index in [9.17, 15) is 5.53 Å². The predicted octanol–water partition coefficient (Wildman–Crippen LogP) is 17.6. The number of nitrogens with zero attached hydrogens (tertiary/aromatic N) is 2. The topological polar surface area (TPSA) is 25.3 Å². The van der Waals surface area contributed by atoms with E-state index in [-0.39, 0.29) is 0 Å². The summed E-state index contributed by atoms with van der Waals surface area (Å²) in [5.74, 6) is 0. The van der Waals surface area contributed by atoms with Crippen molar-refractivity contribution in [3.05, 3.63) is 99.6 Å². The summed E-state index contributed by atoms with van der Waals surface area (Å²) in [6.45, 7) is 9.01. The molecule has 0 fully saturated rings. The van der Waals surface area contributed by atoms with Crippen molar-refractivity contribution in [3.8, 4) is 0 Å². The van der Waals surface area contributed by atoms with Gasteiger partial charge in [0.1, 0.15) is 0 Å². The van der Waals surface area contributed by atoms with Crippen molar-refractivity contribution in [2.75, 3.05) is 0 Å². The average Bonchev–Trinajstić information content (AvgIpc) is 3.45. The Balaban J connectivity index is 0.00000313. The van der Waals surface area contributed by atoms with E-state index in [1.54, 1.807) is 0 Å². The summed E-state index contributed by atoms with van der Waals surface area (Å²) in [6, 6.07) is 17.8. The molecule has 0 saturated carbocycles. The molecule has 0 unspecified atom stereocenters. The van der Waals surface area contributed by atoms with Crippen LogP contribution < -0.4 is 0 Å². The first-order valence-corrected chi connectivity index (χ1v) is 28.8. The quantitative estimate of drug-likeness (QED) is 0.0441. The van der Waals surface area contributed by atoms with Crippen LogP contribution in [0.3, 0.4) is 0 Å². The Kier molecular flexibility index (Phi) is 29.0. The maximum atomic E-state index is 11.9. The van der Waals surface area contributed by atoms with Gasteiger partial charge in [-0.1, -0.05) is 186 Å². The second-order valence-electron chi connectivity index (χ2n) is 15.1. The first kappa shape index (κ1) is 48.0. The molecule has 0 aromatic heterocycles. The van der Waals surface area contributed by atoms with Crippen molar-refractivity contribution >= 4 is 38.3 Å². The van der Waals surface area contributed by atoms with Crippen LogP contribution in [0.15, 0.2) is 71.8 Å². The molecule has 0 atom stereocenters. The van der Waals surface area contributed by atoms with Gasteiger partial charge in [-0.15, -0.1) is 0 Å². The Labute approximate surface area is 348 Å². The normalized spacial score (nSPS) is 13.1. The molecule has 0 aliphatic carbocycles. The van der Waals surface area contributed by atoms with Gasteiger partial charge in [-0.05, 0) is 80.3 Å². The molecule has 300 valence electrons. The molecular formula is C48H74Br2N2Pd. The van der Waals surface area contributed by atoms with Crippen molar-refractivity contribution in [3.63, 3.8) is 0 Å². The van der Waals surface area contributed by atoms with Crippen LogP contribution >= 0.6 is 26.9 Å². The van der Waals surface area contributed by atoms with Crippen molar-refractivity contribution in [1.82, 2.24) is 0 Å². The third-order valence-electron chi connectivity index (χ3n) is 10.8. The fourth-order valence-electron chi connectivity index (χ4n) is 7.46. The average molecular weight is 945 g/mol. The van der Waals surface area contributed by atoms with Crippen molar-refractivity contribution in [1.29, 1.82) is 0 Å². The van der Waals surface area contributed by atoms with Crippen LogP contribution in [0.4, 0.5) is 0 Å². The third-order valence-corrected chi connectivity index (χ3v) is 10.8. The molecule has 1 aliphatic rings. The summed E-state index contributed by atoms with van der Waals surface area (Å²) in [4.78, 5) is 0. The van der Waals surface area contributed by atoms with E-state index in [0.717, 1.165) is 61.0 Å². The monoisotopic (exact) mass is 942 g/mol. The number of hydrogen-bond acceptors (Lipinski definition) is 0. The number of unbranched alkanes of at least 4 members (excludes halogenated alkanes) is 20. The van der Waals surface area contributed by atoms with Crippen LogP contribution in [0.5, 0.6) is 0 Å². The summed E-state index contributed by atoms with van der Waals surface area (Å²) < 4.78 is 1.50.